The SMILES string of the molecule is CC[C@H](C)CCOC=CCCC(=O)N(NCC(N)CS)[C@H]1CCOC1=O. The molecule has 0 aromatic rings. The number of hydrogen-bond acceptors (Lipinski definition) is 7. The lowest BCUT2D eigenvalue weighted by Crippen LogP contribution is -2.54. The monoisotopic (exact) mass is 387 g/mol. The zero-order valence-electron chi connectivity index (χ0n) is 15.9. The molecule has 1 unspecified atom stereocenters. The number of amides is 1. The molecule has 0 radical (unpaired) electrons. The fraction of sp³-hybridized carbons (Fsp3) is 0.778. The summed E-state index contributed by atoms with van der Waals surface area (Å²) >= 11 is 4.13. The quantitative estimate of drug-likeness (QED) is 0.146. The fourth-order valence-corrected chi connectivity index (χ4v) is 2.51. The van der Waals surface area contributed by atoms with Crippen LogP contribution in [0.1, 0.15) is 46.0 Å². The van der Waals surface area contributed by atoms with E-state index in [4.69, 9.17) is 15.2 Å². The van der Waals surface area contributed by atoms with E-state index in [1.54, 1.807) is 6.26 Å². The number of nitrogens with one attached hydrogen (secondary N) is 1. The molecule has 0 aliphatic carbocycles. The number of esters is 1. The largest absolute Gasteiger partial charge is 0.502 e. The van der Waals surface area contributed by atoms with Crippen LogP contribution in [0, 0.1) is 5.92 Å². The summed E-state index contributed by atoms with van der Waals surface area (Å²) in [6.07, 6.45) is 6.95. The van der Waals surface area contributed by atoms with E-state index in [-0.39, 0.29) is 24.3 Å². The van der Waals surface area contributed by atoms with Crippen molar-refractivity contribution in [3.63, 3.8) is 0 Å². The lowest BCUT2D eigenvalue weighted by Gasteiger charge is -2.28. The predicted octanol–water partition coefficient (Wildman–Crippen LogP) is 1.64. The number of hydrazine groups is 1. The average Bonchev–Trinajstić information content (AvgIpc) is 3.06. The summed E-state index contributed by atoms with van der Waals surface area (Å²) in [6.45, 7) is 5.74. The van der Waals surface area contributed by atoms with Crippen molar-refractivity contribution in [3.05, 3.63) is 12.3 Å². The molecule has 0 aromatic heterocycles. The molecule has 0 spiro atoms. The van der Waals surface area contributed by atoms with Crippen LogP contribution < -0.4 is 11.2 Å². The molecule has 150 valence electrons. The van der Waals surface area contributed by atoms with E-state index in [2.05, 4.69) is 31.9 Å². The number of nitrogens with two attached hydrogens (primary N) is 1. The topological polar surface area (TPSA) is 93.9 Å². The van der Waals surface area contributed by atoms with Gasteiger partial charge in [0.1, 0.15) is 6.04 Å². The first-order chi connectivity index (χ1) is 12.5. The van der Waals surface area contributed by atoms with Gasteiger partial charge in [0.25, 0.3) is 0 Å². The summed E-state index contributed by atoms with van der Waals surface area (Å²) in [6, 6.07) is -0.796. The highest BCUT2D eigenvalue weighted by atomic mass is 32.1. The van der Waals surface area contributed by atoms with E-state index >= 15 is 0 Å². The van der Waals surface area contributed by atoms with Crippen LogP contribution in [0.3, 0.4) is 0 Å². The summed E-state index contributed by atoms with van der Waals surface area (Å²) in [5, 5.41) is 1.37. The van der Waals surface area contributed by atoms with Crippen molar-refractivity contribution in [2.45, 2.75) is 58.0 Å². The van der Waals surface area contributed by atoms with Crippen molar-refractivity contribution in [1.82, 2.24) is 10.4 Å². The molecule has 1 aliphatic rings. The molecular formula is C18H33N3O4S. The van der Waals surface area contributed by atoms with E-state index in [1.807, 2.05) is 6.08 Å². The van der Waals surface area contributed by atoms with Crippen molar-refractivity contribution < 1.29 is 19.1 Å². The Balaban J connectivity index is 2.40. The van der Waals surface area contributed by atoms with Gasteiger partial charge in [0.05, 0.1) is 19.5 Å². The first kappa shape index (κ1) is 22.8. The number of hydrogen-bond donors (Lipinski definition) is 3. The lowest BCUT2D eigenvalue weighted by molar-refractivity contribution is -0.150. The summed E-state index contributed by atoms with van der Waals surface area (Å²) in [7, 11) is 0. The van der Waals surface area contributed by atoms with Gasteiger partial charge in [-0.15, -0.1) is 0 Å². The average molecular weight is 388 g/mol. The van der Waals surface area contributed by atoms with E-state index in [1.165, 1.54) is 5.01 Å². The maximum atomic E-state index is 12.5. The normalized spacial score (nSPS) is 19.4. The Morgan fingerprint density at radius 2 is 2.35 bits per heavy atom. The van der Waals surface area contributed by atoms with Gasteiger partial charge >= 0.3 is 5.97 Å². The molecule has 0 saturated carbocycles. The second-order valence-electron chi connectivity index (χ2n) is 6.62. The summed E-state index contributed by atoms with van der Waals surface area (Å²) in [5.41, 5.74) is 8.81. The summed E-state index contributed by atoms with van der Waals surface area (Å²) < 4.78 is 10.4. The molecule has 1 amide bonds. The molecule has 7 nitrogen and oxygen atoms in total. The number of cyclic esters (lactones) is 1. The Bertz CT molecular complexity index is 462. The van der Waals surface area contributed by atoms with Gasteiger partial charge in [-0.05, 0) is 24.8 Å². The van der Waals surface area contributed by atoms with Gasteiger partial charge in [-0.25, -0.2) is 10.2 Å². The van der Waals surface area contributed by atoms with Gasteiger partial charge in [0.15, 0.2) is 0 Å². The third-order valence-corrected chi connectivity index (χ3v) is 4.86. The van der Waals surface area contributed by atoms with Gasteiger partial charge in [0, 0.05) is 31.2 Å². The molecule has 3 atom stereocenters. The molecule has 1 rings (SSSR count). The lowest BCUT2D eigenvalue weighted by atomic mass is 10.1. The second-order valence-corrected chi connectivity index (χ2v) is 6.99. The van der Waals surface area contributed by atoms with Crippen LogP contribution >= 0.6 is 12.6 Å². The van der Waals surface area contributed by atoms with Crippen molar-refractivity contribution in [1.29, 1.82) is 0 Å². The third kappa shape index (κ3) is 8.42. The maximum absolute atomic E-state index is 12.5. The minimum atomic E-state index is -0.592. The molecule has 1 heterocycles. The van der Waals surface area contributed by atoms with Gasteiger partial charge in [0.2, 0.25) is 5.91 Å². The third-order valence-electron chi connectivity index (χ3n) is 4.39. The van der Waals surface area contributed by atoms with E-state index in [0.29, 0.717) is 44.3 Å². The number of rotatable bonds is 13. The van der Waals surface area contributed by atoms with Crippen LogP contribution in [0.25, 0.3) is 0 Å². The highest BCUT2D eigenvalue weighted by Crippen LogP contribution is 2.14. The van der Waals surface area contributed by atoms with Crippen LogP contribution in [0.2, 0.25) is 0 Å². The zero-order valence-corrected chi connectivity index (χ0v) is 16.7. The van der Waals surface area contributed by atoms with Gasteiger partial charge in [-0.1, -0.05) is 20.3 Å². The second kappa shape index (κ2) is 13.0. The Kier molecular flexibility index (Phi) is 11.4. The smallest absolute Gasteiger partial charge is 0.330 e. The number of nitrogens with zero attached hydrogens (tertiary/aromatic N) is 1. The highest BCUT2D eigenvalue weighted by Gasteiger charge is 2.35. The standard InChI is InChI=1S/C18H33N3O4S/c1-3-14(2)7-10-24-9-5-4-6-17(22)21(20-12-15(19)13-26)16-8-11-25-18(16)23/h5,9,14-16,20,26H,3-4,6-8,10-13,19H2,1-2H3/t14-,15?,16-/m0/s1. The van der Waals surface area contributed by atoms with Gasteiger partial charge in [-0.3, -0.25) is 9.80 Å². The maximum Gasteiger partial charge on any atom is 0.330 e. The number of carbonyl (C=O) groups is 2. The van der Waals surface area contributed by atoms with Crippen molar-refractivity contribution in [2.75, 3.05) is 25.5 Å². The number of thiol groups is 1. The van der Waals surface area contributed by atoms with E-state index < -0.39 is 6.04 Å². The molecule has 0 bridgehead atoms. The molecule has 3 N–H and O–H groups in total. The Morgan fingerprint density at radius 1 is 1.58 bits per heavy atom. The molecule has 26 heavy (non-hydrogen) atoms. The van der Waals surface area contributed by atoms with Crippen molar-refractivity contribution in [3.8, 4) is 0 Å². The minimum Gasteiger partial charge on any atom is -0.502 e. The highest BCUT2D eigenvalue weighted by molar-refractivity contribution is 7.80. The first-order valence-corrected chi connectivity index (χ1v) is 9.98. The number of ether oxygens (including phenoxy) is 2. The van der Waals surface area contributed by atoms with Crippen molar-refractivity contribution >= 4 is 24.5 Å². The van der Waals surface area contributed by atoms with Crippen molar-refractivity contribution in [2.24, 2.45) is 11.7 Å². The van der Waals surface area contributed by atoms with E-state index in [9.17, 15) is 9.59 Å². The zero-order chi connectivity index (χ0) is 19.4. The Hall–Kier alpha value is -1.25. The molecule has 0 aromatic carbocycles. The van der Waals surface area contributed by atoms with Crippen LogP contribution in [0.15, 0.2) is 12.3 Å². The van der Waals surface area contributed by atoms with Crippen LogP contribution in [0.4, 0.5) is 0 Å². The molecule has 1 fully saturated rings. The summed E-state index contributed by atoms with van der Waals surface area (Å²) in [4.78, 5) is 24.3. The Morgan fingerprint density at radius 3 is 2.96 bits per heavy atom. The summed E-state index contributed by atoms with van der Waals surface area (Å²) in [5.74, 6) is 0.596. The first-order valence-electron chi connectivity index (χ1n) is 9.34. The van der Waals surface area contributed by atoms with Gasteiger partial charge < -0.3 is 15.2 Å². The molecule has 8 heteroatoms. The molecule has 1 saturated heterocycles. The van der Waals surface area contributed by atoms with Crippen LogP contribution in [0.5, 0.6) is 0 Å². The van der Waals surface area contributed by atoms with Crippen LogP contribution in [-0.2, 0) is 19.1 Å². The minimum absolute atomic E-state index is 0.163. The molecule has 1 aliphatic heterocycles. The number of carbonyl (C=O) groups excluding carboxylic acids is 2. The Labute approximate surface area is 162 Å². The molecular weight excluding hydrogens is 354 g/mol. The predicted molar refractivity (Wildman–Crippen MR) is 104 cm³/mol. The van der Waals surface area contributed by atoms with Crippen LogP contribution in [-0.4, -0.2) is 54.5 Å². The number of allylic oxidation sites excluding steroid dienone is 1. The van der Waals surface area contributed by atoms with Gasteiger partial charge in [-0.2, -0.15) is 12.6 Å². The van der Waals surface area contributed by atoms with E-state index in [0.717, 1.165) is 12.8 Å². The fourth-order valence-electron chi connectivity index (χ4n) is 2.38.